The Morgan fingerprint density at radius 1 is 1.11 bits per heavy atom. The molecule has 0 saturated carbocycles. The van der Waals surface area contributed by atoms with Gasteiger partial charge in [0.15, 0.2) is 0 Å². The Labute approximate surface area is 268 Å². The lowest BCUT2D eigenvalue weighted by Crippen LogP contribution is -2.55. The summed E-state index contributed by atoms with van der Waals surface area (Å²) < 4.78 is 34.7. The number of halogens is 1. The minimum absolute atomic E-state index is 0.0132. The van der Waals surface area contributed by atoms with E-state index in [-0.39, 0.29) is 41.7 Å². The van der Waals surface area contributed by atoms with E-state index >= 15 is 0 Å². The van der Waals surface area contributed by atoms with Crippen LogP contribution in [0.25, 0.3) is 0 Å². The molecule has 0 spiro atoms. The number of benzene rings is 2. The first-order valence-electron chi connectivity index (χ1n) is 15.1. The Morgan fingerprint density at radius 3 is 2.44 bits per heavy atom. The third-order valence-electron chi connectivity index (χ3n) is 7.79. The number of unbranched alkanes of at least 4 members (excludes halogenated alkanes) is 1. The summed E-state index contributed by atoms with van der Waals surface area (Å²) in [6, 6.07) is 7.05. The van der Waals surface area contributed by atoms with Gasteiger partial charge in [-0.1, -0.05) is 37.1 Å². The lowest BCUT2D eigenvalue weighted by atomic mass is 10.1. The van der Waals surface area contributed by atoms with E-state index in [1.807, 2.05) is 6.92 Å². The predicted molar refractivity (Wildman–Crippen MR) is 171 cm³/mol. The number of ether oxygens (including phenoxy) is 1. The minimum atomic E-state index is -4.38. The standard InChI is InChI=1S/C31H40ClN5O7S/c1-4-5-16-44-31(41)33-13-12-24(30(40)36-14-8-9-15-36)34-27(38)19-26-29(39)35-23-10-6-7-11-25(23)37(26)45(42,43)28-20(2)17-22(32)18-21(28)3/h6-7,10-11,17-18,24,26H,4-5,8-9,12-16,19H2,1-3H3,(H,33,41)(H,34,38)(H,35,39). The second-order valence-corrected chi connectivity index (χ2v) is 13.4. The van der Waals surface area contributed by atoms with Crippen LogP contribution in [-0.2, 0) is 29.1 Å². The highest BCUT2D eigenvalue weighted by Crippen LogP contribution is 2.39. The van der Waals surface area contributed by atoms with Gasteiger partial charge in [0, 0.05) is 24.7 Å². The molecule has 0 aliphatic carbocycles. The molecule has 2 atom stereocenters. The molecule has 4 rings (SSSR count). The first-order valence-corrected chi connectivity index (χ1v) is 17.0. The number of carbonyl (C=O) groups is 4. The molecule has 0 radical (unpaired) electrons. The monoisotopic (exact) mass is 661 g/mol. The Kier molecular flexibility index (Phi) is 11.3. The fourth-order valence-corrected chi connectivity index (χ4v) is 8.04. The lowest BCUT2D eigenvalue weighted by molar-refractivity contribution is -0.136. The number of amides is 4. The zero-order chi connectivity index (χ0) is 32.7. The van der Waals surface area contributed by atoms with Gasteiger partial charge in [-0.05, 0) is 74.9 Å². The number of hydrogen-bond donors (Lipinski definition) is 3. The highest BCUT2D eigenvalue weighted by Gasteiger charge is 2.43. The fourth-order valence-electron chi connectivity index (χ4n) is 5.66. The van der Waals surface area contributed by atoms with E-state index in [1.54, 1.807) is 43.0 Å². The molecule has 4 amide bonds. The number of likely N-dealkylation sites (tertiary alicyclic amines) is 1. The first-order chi connectivity index (χ1) is 21.4. The van der Waals surface area contributed by atoms with Gasteiger partial charge in [-0.15, -0.1) is 0 Å². The average Bonchev–Trinajstić information content (AvgIpc) is 3.51. The Morgan fingerprint density at radius 2 is 1.78 bits per heavy atom. The molecule has 2 unspecified atom stereocenters. The quantitative estimate of drug-likeness (QED) is 0.292. The van der Waals surface area contributed by atoms with E-state index in [4.69, 9.17) is 16.3 Å². The van der Waals surface area contributed by atoms with E-state index in [0.717, 1.165) is 30.0 Å². The summed E-state index contributed by atoms with van der Waals surface area (Å²) in [5.74, 6) is -1.68. The third kappa shape index (κ3) is 8.06. The molecule has 12 nitrogen and oxygen atoms in total. The zero-order valence-corrected chi connectivity index (χ0v) is 27.3. The number of sulfonamides is 1. The van der Waals surface area contributed by atoms with Crippen LogP contribution in [0.3, 0.4) is 0 Å². The van der Waals surface area contributed by atoms with Crippen molar-refractivity contribution in [3.05, 3.63) is 52.5 Å². The molecule has 2 aromatic carbocycles. The molecule has 244 valence electrons. The summed E-state index contributed by atoms with van der Waals surface area (Å²) >= 11 is 6.18. The predicted octanol–water partition coefficient (Wildman–Crippen LogP) is 3.89. The van der Waals surface area contributed by atoms with Crippen molar-refractivity contribution in [2.75, 3.05) is 35.9 Å². The van der Waals surface area contributed by atoms with E-state index < -0.39 is 46.4 Å². The lowest BCUT2D eigenvalue weighted by Gasteiger charge is -2.37. The second kappa shape index (κ2) is 15.0. The van der Waals surface area contributed by atoms with Crippen LogP contribution in [0, 0.1) is 13.8 Å². The maximum atomic E-state index is 14.3. The van der Waals surface area contributed by atoms with Crippen molar-refractivity contribution in [1.82, 2.24) is 15.5 Å². The molecule has 2 aliphatic heterocycles. The number of aryl methyl sites for hydroxylation is 2. The van der Waals surface area contributed by atoms with Crippen LogP contribution in [0.1, 0.15) is 56.6 Å². The number of anilines is 2. The molecule has 0 bridgehead atoms. The summed E-state index contributed by atoms with van der Waals surface area (Å²) in [7, 11) is -4.38. The van der Waals surface area contributed by atoms with E-state index in [9.17, 15) is 27.6 Å². The largest absolute Gasteiger partial charge is 0.450 e. The van der Waals surface area contributed by atoms with Gasteiger partial charge in [0.2, 0.25) is 17.7 Å². The van der Waals surface area contributed by atoms with Gasteiger partial charge >= 0.3 is 6.09 Å². The average molecular weight is 662 g/mol. The van der Waals surface area contributed by atoms with Gasteiger partial charge in [0.05, 0.1) is 29.3 Å². The fraction of sp³-hybridized carbons (Fsp3) is 0.484. The summed E-state index contributed by atoms with van der Waals surface area (Å²) in [6.07, 6.45) is 2.18. The number of carbonyl (C=O) groups excluding carboxylic acids is 4. The van der Waals surface area contributed by atoms with Crippen LogP contribution in [0.2, 0.25) is 5.02 Å². The van der Waals surface area contributed by atoms with Crippen molar-refractivity contribution in [2.24, 2.45) is 0 Å². The van der Waals surface area contributed by atoms with Crippen molar-refractivity contribution >= 4 is 56.8 Å². The van der Waals surface area contributed by atoms with Crippen molar-refractivity contribution in [3.63, 3.8) is 0 Å². The van der Waals surface area contributed by atoms with E-state index in [1.165, 1.54) is 12.1 Å². The second-order valence-electron chi connectivity index (χ2n) is 11.3. The number of alkyl carbamates (subject to hydrolysis) is 1. The first kappa shape index (κ1) is 34.0. The molecule has 45 heavy (non-hydrogen) atoms. The van der Waals surface area contributed by atoms with Crippen molar-refractivity contribution in [1.29, 1.82) is 0 Å². The van der Waals surface area contributed by atoms with Gasteiger partial charge in [-0.3, -0.25) is 18.7 Å². The number of nitrogens with one attached hydrogen (secondary N) is 3. The Balaban J connectivity index is 1.58. The van der Waals surface area contributed by atoms with E-state index in [2.05, 4.69) is 16.0 Å². The molecule has 2 heterocycles. The molecule has 1 saturated heterocycles. The van der Waals surface area contributed by atoms with Crippen molar-refractivity contribution in [3.8, 4) is 0 Å². The topological polar surface area (TPSA) is 154 Å². The number of nitrogens with zero attached hydrogens (tertiary/aromatic N) is 2. The number of hydrogen-bond acceptors (Lipinski definition) is 7. The van der Waals surface area contributed by atoms with Crippen LogP contribution in [-0.4, -0.2) is 75.5 Å². The van der Waals surface area contributed by atoms with Gasteiger partial charge < -0.3 is 25.6 Å². The van der Waals surface area contributed by atoms with E-state index in [0.29, 0.717) is 29.2 Å². The summed E-state index contributed by atoms with van der Waals surface area (Å²) in [4.78, 5) is 54.0. The number of para-hydroxylation sites is 2. The highest BCUT2D eigenvalue weighted by atomic mass is 35.5. The maximum absolute atomic E-state index is 14.3. The highest BCUT2D eigenvalue weighted by molar-refractivity contribution is 7.93. The molecule has 3 N–H and O–H groups in total. The Bertz CT molecular complexity index is 1520. The third-order valence-corrected chi connectivity index (χ3v) is 10.1. The summed E-state index contributed by atoms with van der Waals surface area (Å²) in [6.45, 7) is 6.63. The summed E-state index contributed by atoms with van der Waals surface area (Å²) in [5, 5.41) is 8.40. The molecule has 1 fully saturated rings. The Hall–Kier alpha value is -3.84. The van der Waals surface area contributed by atoms with Gasteiger partial charge in [-0.25, -0.2) is 13.2 Å². The normalized spacial score (nSPS) is 16.9. The molecular weight excluding hydrogens is 622 g/mol. The van der Waals surface area contributed by atoms with Crippen molar-refractivity contribution in [2.45, 2.75) is 76.3 Å². The maximum Gasteiger partial charge on any atom is 0.407 e. The van der Waals surface area contributed by atoms with Crippen molar-refractivity contribution < 1.29 is 32.3 Å². The number of rotatable bonds is 12. The molecular formula is C31H40ClN5O7S. The SMILES string of the molecule is CCCCOC(=O)NCCC(NC(=O)CC1C(=O)Nc2ccccc2N1S(=O)(=O)c1c(C)cc(Cl)cc1C)C(=O)N1CCCC1. The van der Waals surface area contributed by atoms with Gasteiger partial charge in [-0.2, -0.15) is 0 Å². The van der Waals surface area contributed by atoms with Crippen LogP contribution in [0.4, 0.5) is 16.2 Å². The number of fused-ring (bicyclic) bond motifs is 1. The van der Waals surface area contributed by atoms with Gasteiger partial charge in [0.1, 0.15) is 12.1 Å². The molecule has 14 heteroatoms. The molecule has 2 aromatic rings. The van der Waals surface area contributed by atoms with Crippen LogP contribution < -0.4 is 20.3 Å². The van der Waals surface area contributed by atoms with Crippen LogP contribution in [0.5, 0.6) is 0 Å². The smallest absolute Gasteiger partial charge is 0.407 e. The van der Waals surface area contributed by atoms with Crippen LogP contribution >= 0.6 is 11.6 Å². The zero-order valence-electron chi connectivity index (χ0n) is 25.7. The molecule has 0 aromatic heterocycles. The summed E-state index contributed by atoms with van der Waals surface area (Å²) in [5.41, 5.74) is 1.28. The van der Waals surface area contributed by atoms with Crippen LogP contribution in [0.15, 0.2) is 41.3 Å². The van der Waals surface area contributed by atoms with Gasteiger partial charge in [0.25, 0.3) is 10.0 Å². The molecule has 2 aliphatic rings. The minimum Gasteiger partial charge on any atom is -0.450 e.